The van der Waals surface area contributed by atoms with Crippen molar-refractivity contribution in [3.05, 3.63) is 42.6 Å². The fourth-order valence-corrected chi connectivity index (χ4v) is 3.15. The lowest BCUT2D eigenvalue weighted by Crippen LogP contribution is -2.16. The van der Waals surface area contributed by atoms with Crippen LogP contribution in [-0.4, -0.2) is 28.3 Å². The van der Waals surface area contributed by atoms with Crippen molar-refractivity contribution in [3.63, 3.8) is 0 Å². The van der Waals surface area contributed by atoms with E-state index < -0.39 is 0 Å². The molecule has 1 aliphatic rings. The fraction of sp³-hybridized carbons (Fsp3) is 0.316. The van der Waals surface area contributed by atoms with Gasteiger partial charge in [0.25, 0.3) is 5.89 Å². The van der Waals surface area contributed by atoms with Crippen molar-refractivity contribution in [2.24, 2.45) is 0 Å². The molecule has 1 aromatic carbocycles. The minimum Gasteiger partial charge on any atom is -0.497 e. The van der Waals surface area contributed by atoms with Gasteiger partial charge in [-0.1, -0.05) is 18.0 Å². The molecule has 0 amide bonds. The van der Waals surface area contributed by atoms with Gasteiger partial charge in [0.1, 0.15) is 11.6 Å². The van der Waals surface area contributed by atoms with E-state index in [-0.39, 0.29) is 0 Å². The summed E-state index contributed by atoms with van der Waals surface area (Å²) in [6.45, 7) is 0. The third-order valence-corrected chi connectivity index (χ3v) is 4.51. The van der Waals surface area contributed by atoms with Crippen LogP contribution in [0, 0.1) is 0 Å². The lowest BCUT2D eigenvalue weighted by Gasteiger charge is -2.14. The molecule has 0 bridgehead atoms. The number of pyridine rings is 1. The van der Waals surface area contributed by atoms with Crippen LogP contribution >= 0.6 is 0 Å². The second-order valence-corrected chi connectivity index (χ2v) is 6.18. The third-order valence-electron chi connectivity index (χ3n) is 4.51. The van der Waals surface area contributed by atoms with Crippen LogP contribution in [-0.2, 0) is 0 Å². The van der Waals surface area contributed by atoms with Crippen LogP contribution in [0.3, 0.4) is 0 Å². The predicted octanol–water partition coefficient (Wildman–Crippen LogP) is 4.16. The minimum absolute atomic E-state index is 0.470. The van der Waals surface area contributed by atoms with Gasteiger partial charge in [-0.05, 0) is 49.2 Å². The van der Waals surface area contributed by atoms with Gasteiger partial charge in [0.15, 0.2) is 0 Å². The molecule has 0 spiro atoms. The minimum atomic E-state index is 0.470. The molecule has 25 heavy (non-hydrogen) atoms. The highest BCUT2D eigenvalue weighted by Crippen LogP contribution is 2.30. The summed E-state index contributed by atoms with van der Waals surface area (Å²) in [5.41, 5.74) is 1.71. The Bertz CT molecular complexity index is 839. The molecular formula is C19H20N4O2. The largest absolute Gasteiger partial charge is 0.497 e. The molecule has 1 aliphatic carbocycles. The molecule has 1 N–H and O–H groups in total. The highest BCUT2D eigenvalue weighted by atomic mass is 16.5. The molecule has 1 saturated carbocycles. The zero-order chi connectivity index (χ0) is 17.1. The Kier molecular flexibility index (Phi) is 4.33. The van der Waals surface area contributed by atoms with Gasteiger partial charge in [-0.25, -0.2) is 4.98 Å². The standard InChI is InChI=1S/C19H20N4O2/c1-24-15-10-8-13(9-11-15)17-22-19(25-23-17)16-7-4-12-20-18(16)21-14-5-2-3-6-14/h4,7-12,14H,2-3,5-6H2,1H3,(H,20,21). The second kappa shape index (κ2) is 6.93. The van der Waals surface area contributed by atoms with Gasteiger partial charge < -0.3 is 14.6 Å². The number of aromatic nitrogens is 3. The van der Waals surface area contributed by atoms with Crippen molar-refractivity contribution in [3.8, 4) is 28.6 Å². The third kappa shape index (κ3) is 3.33. The Labute approximate surface area is 146 Å². The van der Waals surface area contributed by atoms with Crippen LogP contribution < -0.4 is 10.1 Å². The van der Waals surface area contributed by atoms with E-state index in [0.717, 1.165) is 22.7 Å². The van der Waals surface area contributed by atoms with E-state index in [4.69, 9.17) is 9.26 Å². The number of methoxy groups -OCH3 is 1. The maximum Gasteiger partial charge on any atom is 0.261 e. The summed E-state index contributed by atoms with van der Waals surface area (Å²) in [7, 11) is 1.64. The summed E-state index contributed by atoms with van der Waals surface area (Å²) in [6.07, 6.45) is 6.67. The number of nitrogens with one attached hydrogen (secondary N) is 1. The number of benzene rings is 1. The van der Waals surface area contributed by atoms with Gasteiger partial charge in [-0.2, -0.15) is 4.98 Å². The molecule has 4 rings (SSSR count). The Balaban J connectivity index is 1.61. The van der Waals surface area contributed by atoms with Crippen molar-refractivity contribution in [1.29, 1.82) is 0 Å². The highest BCUT2D eigenvalue weighted by Gasteiger charge is 2.19. The fourth-order valence-electron chi connectivity index (χ4n) is 3.15. The molecule has 0 saturated heterocycles. The molecule has 6 heteroatoms. The van der Waals surface area contributed by atoms with Gasteiger partial charge in [0.2, 0.25) is 5.82 Å². The van der Waals surface area contributed by atoms with E-state index in [0.29, 0.717) is 17.8 Å². The molecule has 0 radical (unpaired) electrons. The molecule has 0 unspecified atom stereocenters. The predicted molar refractivity (Wildman–Crippen MR) is 95.4 cm³/mol. The van der Waals surface area contributed by atoms with E-state index in [9.17, 15) is 0 Å². The number of hydrogen-bond acceptors (Lipinski definition) is 6. The van der Waals surface area contributed by atoms with Gasteiger partial charge in [0.05, 0.1) is 12.7 Å². The maximum absolute atomic E-state index is 5.49. The lowest BCUT2D eigenvalue weighted by atomic mass is 10.2. The first-order valence-corrected chi connectivity index (χ1v) is 8.53. The molecule has 2 aromatic heterocycles. The molecule has 2 heterocycles. The number of ether oxygens (including phenoxy) is 1. The number of hydrogen-bond donors (Lipinski definition) is 1. The monoisotopic (exact) mass is 336 g/mol. The van der Waals surface area contributed by atoms with Gasteiger partial charge >= 0.3 is 0 Å². The van der Waals surface area contributed by atoms with Crippen molar-refractivity contribution >= 4 is 5.82 Å². The van der Waals surface area contributed by atoms with Crippen molar-refractivity contribution in [2.75, 3.05) is 12.4 Å². The Hall–Kier alpha value is -2.89. The molecule has 128 valence electrons. The SMILES string of the molecule is COc1ccc(-c2noc(-c3cccnc3NC3CCCC3)n2)cc1. The van der Waals surface area contributed by atoms with Gasteiger partial charge in [-0.3, -0.25) is 0 Å². The summed E-state index contributed by atoms with van der Waals surface area (Å²) < 4.78 is 10.7. The molecule has 6 nitrogen and oxygen atoms in total. The topological polar surface area (TPSA) is 73.1 Å². The van der Waals surface area contributed by atoms with Crippen LogP contribution in [0.25, 0.3) is 22.8 Å². The first-order valence-electron chi connectivity index (χ1n) is 8.53. The van der Waals surface area contributed by atoms with Crippen LogP contribution in [0.5, 0.6) is 5.75 Å². The van der Waals surface area contributed by atoms with Crippen LogP contribution in [0.2, 0.25) is 0 Å². The van der Waals surface area contributed by atoms with Crippen LogP contribution in [0.15, 0.2) is 47.1 Å². The first kappa shape index (κ1) is 15.6. The van der Waals surface area contributed by atoms with Crippen molar-refractivity contribution < 1.29 is 9.26 Å². The van der Waals surface area contributed by atoms with Crippen LogP contribution in [0.4, 0.5) is 5.82 Å². The average Bonchev–Trinajstić information content (AvgIpc) is 3.34. The number of rotatable bonds is 5. The van der Waals surface area contributed by atoms with Gasteiger partial charge in [-0.15, -0.1) is 0 Å². The van der Waals surface area contributed by atoms with Gasteiger partial charge in [0, 0.05) is 17.8 Å². The quantitative estimate of drug-likeness (QED) is 0.754. The first-order chi connectivity index (χ1) is 12.3. The lowest BCUT2D eigenvalue weighted by molar-refractivity contribution is 0.415. The summed E-state index contributed by atoms with van der Waals surface area (Å²) in [5.74, 6) is 2.62. The van der Waals surface area contributed by atoms with E-state index in [1.807, 2.05) is 36.4 Å². The molecule has 0 aliphatic heterocycles. The smallest absolute Gasteiger partial charge is 0.261 e. The summed E-state index contributed by atoms with van der Waals surface area (Å²) in [4.78, 5) is 9.01. The zero-order valence-corrected chi connectivity index (χ0v) is 14.1. The normalized spacial score (nSPS) is 14.6. The van der Waals surface area contributed by atoms with Crippen molar-refractivity contribution in [1.82, 2.24) is 15.1 Å². The van der Waals surface area contributed by atoms with E-state index >= 15 is 0 Å². The number of nitrogens with zero attached hydrogens (tertiary/aromatic N) is 3. The van der Waals surface area contributed by atoms with E-state index in [2.05, 4.69) is 20.4 Å². The summed E-state index contributed by atoms with van der Waals surface area (Å²) >= 11 is 0. The Morgan fingerprint density at radius 3 is 2.68 bits per heavy atom. The molecule has 3 aromatic rings. The highest BCUT2D eigenvalue weighted by molar-refractivity contribution is 5.70. The van der Waals surface area contributed by atoms with Crippen LogP contribution in [0.1, 0.15) is 25.7 Å². The van der Waals surface area contributed by atoms with E-state index in [1.54, 1.807) is 13.3 Å². The second-order valence-electron chi connectivity index (χ2n) is 6.18. The molecule has 1 fully saturated rings. The Morgan fingerprint density at radius 1 is 1.12 bits per heavy atom. The summed E-state index contributed by atoms with van der Waals surface area (Å²) in [5, 5.41) is 7.63. The van der Waals surface area contributed by atoms with Crippen molar-refractivity contribution in [2.45, 2.75) is 31.7 Å². The Morgan fingerprint density at radius 2 is 1.92 bits per heavy atom. The molecule has 0 atom stereocenters. The molecular weight excluding hydrogens is 316 g/mol. The average molecular weight is 336 g/mol. The summed E-state index contributed by atoms with van der Waals surface area (Å²) in [6, 6.07) is 11.9. The maximum atomic E-state index is 5.49. The zero-order valence-electron chi connectivity index (χ0n) is 14.1. The number of anilines is 1. The van der Waals surface area contributed by atoms with E-state index in [1.165, 1.54) is 25.7 Å².